The number of benzene rings is 1. The molecule has 1 heterocycles. The van der Waals surface area contributed by atoms with Crippen LogP contribution in [0.2, 0.25) is 0 Å². The molecule has 0 aliphatic heterocycles. The molecule has 1 N–H and O–H groups in total. The van der Waals surface area contributed by atoms with Gasteiger partial charge in [0.15, 0.2) is 5.88 Å². The maximum atomic E-state index is 12.2. The highest BCUT2D eigenvalue weighted by molar-refractivity contribution is 5.40. The van der Waals surface area contributed by atoms with Gasteiger partial charge in [-0.2, -0.15) is 0 Å². The Morgan fingerprint density at radius 2 is 1.88 bits per heavy atom. The lowest BCUT2D eigenvalue weighted by Crippen LogP contribution is -2.23. The molecular weight excluding hydrogens is 214 g/mol. The normalized spacial score (nSPS) is 10.5. The van der Waals surface area contributed by atoms with Gasteiger partial charge in [-0.15, -0.1) is 0 Å². The van der Waals surface area contributed by atoms with Crippen LogP contribution in [0.15, 0.2) is 41.2 Å². The lowest BCUT2D eigenvalue weighted by molar-refractivity contribution is 0.434. The average Bonchev–Trinajstić information content (AvgIpc) is 2.30. The van der Waals surface area contributed by atoms with Crippen LogP contribution in [0.3, 0.4) is 0 Å². The fourth-order valence-electron chi connectivity index (χ4n) is 2.01. The number of aromatic nitrogens is 1. The summed E-state index contributed by atoms with van der Waals surface area (Å²) in [5.41, 5.74) is 2.12. The second-order valence-corrected chi connectivity index (χ2v) is 3.99. The van der Waals surface area contributed by atoms with Crippen molar-refractivity contribution < 1.29 is 5.11 Å². The Balaban J connectivity index is 2.75. The number of hydrogen-bond donors (Lipinski definition) is 1. The third-order valence-corrected chi connectivity index (χ3v) is 2.88. The number of nitrogens with zero attached hydrogens (tertiary/aromatic N) is 1. The first-order chi connectivity index (χ1) is 8.15. The number of rotatable bonds is 2. The van der Waals surface area contributed by atoms with Gasteiger partial charge in [0.2, 0.25) is 0 Å². The maximum Gasteiger partial charge on any atom is 0.261 e. The van der Waals surface area contributed by atoms with Crippen molar-refractivity contribution >= 4 is 0 Å². The highest BCUT2D eigenvalue weighted by Gasteiger charge is 2.11. The molecule has 0 fully saturated rings. The van der Waals surface area contributed by atoms with Gasteiger partial charge in [-0.05, 0) is 31.0 Å². The quantitative estimate of drug-likeness (QED) is 0.859. The summed E-state index contributed by atoms with van der Waals surface area (Å²) in [5, 5.41) is 9.91. The molecule has 0 unspecified atom stereocenters. The Labute approximate surface area is 100.0 Å². The number of hydrogen-bond acceptors (Lipinski definition) is 2. The molecule has 1 aromatic heterocycles. The first kappa shape index (κ1) is 11.5. The molecule has 17 heavy (non-hydrogen) atoms. The molecule has 0 saturated heterocycles. The fourth-order valence-corrected chi connectivity index (χ4v) is 2.01. The summed E-state index contributed by atoms with van der Waals surface area (Å²) in [5.74, 6) is -0.0177. The molecule has 0 bridgehead atoms. The lowest BCUT2D eigenvalue weighted by Gasteiger charge is -2.12. The van der Waals surface area contributed by atoms with Gasteiger partial charge in [-0.3, -0.25) is 4.79 Å². The Bertz CT molecular complexity index is 585. The van der Waals surface area contributed by atoms with E-state index in [1.54, 1.807) is 18.2 Å². The van der Waals surface area contributed by atoms with E-state index < -0.39 is 0 Å². The minimum atomic E-state index is -0.142. The van der Waals surface area contributed by atoms with E-state index in [4.69, 9.17) is 0 Å². The van der Waals surface area contributed by atoms with E-state index in [0.717, 1.165) is 11.1 Å². The zero-order valence-corrected chi connectivity index (χ0v) is 9.97. The first-order valence-electron chi connectivity index (χ1n) is 5.65. The van der Waals surface area contributed by atoms with Crippen molar-refractivity contribution in [2.75, 3.05) is 0 Å². The van der Waals surface area contributed by atoms with Crippen LogP contribution in [0.1, 0.15) is 18.1 Å². The van der Waals surface area contributed by atoms with E-state index in [9.17, 15) is 9.90 Å². The van der Waals surface area contributed by atoms with Crippen molar-refractivity contribution in [2.45, 2.75) is 20.3 Å². The summed E-state index contributed by atoms with van der Waals surface area (Å²) in [6.45, 7) is 3.78. The van der Waals surface area contributed by atoms with Crippen LogP contribution in [0, 0.1) is 6.92 Å². The van der Waals surface area contributed by atoms with Crippen molar-refractivity contribution in [3.63, 3.8) is 0 Å². The molecule has 2 aromatic rings. The van der Waals surface area contributed by atoms with E-state index in [-0.39, 0.29) is 11.4 Å². The molecule has 2 rings (SSSR count). The molecular formula is C14H15NO2. The second-order valence-electron chi connectivity index (χ2n) is 3.99. The monoisotopic (exact) mass is 229 g/mol. The number of aryl methyl sites for hydroxylation is 1. The predicted octanol–water partition coefficient (Wildman–Crippen LogP) is 2.41. The molecule has 1 aromatic carbocycles. The molecule has 88 valence electrons. The average molecular weight is 229 g/mol. The standard InChI is InChI=1S/C14H15NO2/c1-3-12-10(2)9-13(16)15(14(12)17)11-7-5-4-6-8-11/h4-9,16H,3H2,1-2H3. The Morgan fingerprint density at radius 1 is 1.24 bits per heavy atom. The molecule has 0 radical (unpaired) electrons. The molecule has 0 atom stereocenters. The van der Waals surface area contributed by atoms with Crippen molar-refractivity contribution in [3.8, 4) is 11.6 Å². The van der Waals surface area contributed by atoms with Gasteiger partial charge >= 0.3 is 0 Å². The highest BCUT2D eigenvalue weighted by atomic mass is 16.3. The molecule has 3 heteroatoms. The summed E-state index contributed by atoms with van der Waals surface area (Å²) in [7, 11) is 0. The second kappa shape index (κ2) is 4.45. The van der Waals surface area contributed by atoms with E-state index >= 15 is 0 Å². The molecule has 0 saturated carbocycles. The van der Waals surface area contributed by atoms with Gasteiger partial charge in [0, 0.05) is 11.6 Å². The van der Waals surface area contributed by atoms with Gasteiger partial charge in [-0.1, -0.05) is 25.1 Å². The largest absolute Gasteiger partial charge is 0.494 e. The van der Waals surface area contributed by atoms with Crippen molar-refractivity contribution in [2.24, 2.45) is 0 Å². The summed E-state index contributed by atoms with van der Waals surface area (Å²) in [6.07, 6.45) is 0.664. The molecule has 0 aliphatic rings. The predicted molar refractivity (Wildman–Crippen MR) is 67.8 cm³/mol. The van der Waals surface area contributed by atoms with E-state index in [1.807, 2.05) is 32.0 Å². The Morgan fingerprint density at radius 3 is 2.47 bits per heavy atom. The Kier molecular flexibility index (Phi) is 3.00. The van der Waals surface area contributed by atoms with Gasteiger partial charge in [-0.25, -0.2) is 4.57 Å². The van der Waals surface area contributed by atoms with Gasteiger partial charge in [0.05, 0.1) is 5.69 Å². The molecule has 0 aliphatic carbocycles. The topological polar surface area (TPSA) is 42.2 Å². The maximum absolute atomic E-state index is 12.2. The van der Waals surface area contributed by atoms with E-state index in [1.165, 1.54) is 4.57 Å². The number of aromatic hydroxyl groups is 1. The van der Waals surface area contributed by atoms with Crippen LogP contribution in [0.5, 0.6) is 5.88 Å². The summed E-state index contributed by atoms with van der Waals surface area (Å²) >= 11 is 0. The van der Waals surface area contributed by atoms with Crippen LogP contribution < -0.4 is 5.56 Å². The van der Waals surface area contributed by atoms with Gasteiger partial charge in [0.25, 0.3) is 5.56 Å². The summed E-state index contributed by atoms with van der Waals surface area (Å²) in [4.78, 5) is 12.2. The first-order valence-corrected chi connectivity index (χ1v) is 5.65. The van der Waals surface area contributed by atoms with Crippen LogP contribution in [0.4, 0.5) is 0 Å². The fraction of sp³-hybridized carbons (Fsp3) is 0.214. The Hall–Kier alpha value is -2.03. The van der Waals surface area contributed by atoms with Crippen molar-refractivity contribution in [1.29, 1.82) is 0 Å². The van der Waals surface area contributed by atoms with Crippen LogP contribution in [-0.4, -0.2) is 9.67 Å². The molecule has 0 amide bonds. The van der Waals surface area contributed by atoms with Crippen molar-refractivity contribution in [3.05, 3.63) is 57.9 Å². The number of pyridine rings is 1. The summed E-state index contributed by atoms with van der Waals surface area (Å²) < 4.78 is 1.34. The smallest absolute Gasteiger partial charge is 0.261 e. The number of para-hydroxylation sites is 1. The van der Waals surface area contributed by atoms with Gasteiger partial charge in [0.1, 0.15) is 0 Å². The van der Waals surface area contributed by atoms with Crippen LogP contribution >= 0.6 is 0 Å². The third kappa shape index (κ3) is 1.96. The van der Waals surface area contributed by atoms with Crippen molar-refractivity contribution in [1.82, 2.24) is 4.57 Å². The minimum Gasteiger partial charge on any atom is -0.494 e. The third-order valence-electron chi connectivity index (χ3n) is 2.88. The van der Waals surface area contributed by atoms with Crippen LogP contribution in [0.25, 0.3) is 5.69 Å². The zero-order valence-electron chi connectivity index (χ0n) is 9.97. The zero-order chi connectivity index (χ0) is 12.4. The van der Waals surface area contributed by atoms with Gasteiger partial charge < -0.3 is 5.11 Å². The van der Waals surface area contributed by atoms with E-state index in [2.05, 4.69) is 0 Å². The van der Waals surface area contributed by atoms with E-state index in [0.29, 0.717) is 12.1 Å². The molecule has 0 spiro atoms. The summed E-state index contributed by atoms with van der Waals surface area (Å²) in [6, 6.07) is 10.8. The minimum absolute atomic E-state index is 0.0177. The highest BCUT2D eigenvalue weighted by Crippen LogP contribution is 2.17. The SMILES string of the molecule is CCc1c(C)cc(O)n(-c2ccccc2)c1=O. The van der Waals surface area contributed by atoms with Crippen LogP contribution in [-0.2, 0) is 6.42 Å². The lowest BCUT2D eigenvalue weighted by atomic mass is 10.1. The molecule has 3 nitrogen and oxygen atoms in total.